The maximum atomic E-state index is 12.3. The van der Waals surface area contributed by atoms with E-state index in [4.69, 9.17) is 4.74 Å². The molecule has 138 valence electrons. The highest BCUT2D eigenvalue weighted by Crippen LogP contribution is 2.18. The highest BCUT2D eigenvalue weighted by molar-refractivity contribution is 5.83. The van der Waals surface area contributed by atoms with Gasteiger partial charge in [-0.15, -0.1) is 0 Å². The molecular formula is C19H29N3O3. The van der Waals surface area contributed by atoms with Crippen molar-refractivity contribution in [2.24, 2.45) is 0 Å². The van der Waals surface area contributed by atoms with Crippen molar-refractivity contribution in [3.05, 3.63) is 29.8 Å². The van der Waals surface area contributed by atoms with E-state index in [1.165, 1.54) is 0 Å². The van der Waals surface area contributed by atoms with E-state index in [9.17, 15) is 9.59 Å². The number of hydrogen-bond donors (Lipinski definition) is 1. The fourth-order valence-corrected chi connectivity index (χ4v) is 3.00. The molecule has 1 heterocycles. The summed E-state index contributed by atoms with van der Waals surface area (Å²) in [5.41, 5.74) is 1.00. The maximum absolute atomic E-state index is 12.3. The zero-order valence-corrected chi connectivity index (χ0v) is 15.5. The predicted octanol–water partition coefficient (Wildman–Crippen LogP) is 1.64. The average Bonchev–Trinajstić information content (AvgIpc) is 3.05. The Morgan fingerprint density at radius 3 is 2.88 bits per heavy atom. The number of amides is 2. The van der Waals surface area contributed by atoms with E-state index < -0.39 is 0 Å². The number of ether oxygens (including phenoxy) is 1. The summed E-state index contributed by atoms with van der Waals surface area (Å²) in [6.45, 7) is 4.26. The summed E-state index contributed by atoms with van der Waals surface area (Å²) in [5.74, 6) is 0.842. The van der Waals surface area contributed by atoms with Crippen LogP contribution in [0.2, 0.25) is 0 Å². The van der Waals surface area contributed by atoms with Gasteiger partial charge in [0.25, 0.3) is 0 Å². The van der Waals surface area contributed by atoms with Gasteiger partial charge >= 0.3 is 0 Å². The van der Waals surface area contributed by atoms with E-state index in [1.807, 2.05) is 29.2 Å². The minimum Gasteiger partial charge on any atom is -0.494 e. The van der Waals surface area contributed by atoms with Crippen molar-refractivity contribution >= 4 is 11.8 Å². The van der Waals surface area contributed by atoms with Gasteiger partial charge < -0.3 is 15.0 Å². The molecule has 0 spiro atoms. The molecule has 0 radical (unpaired) electrons. The summed E-state index contributed by atoms with van der Waals surface area (Å²) < 4.78 is 5.61. The van der Waals surface area contributed by atoms with Gasteiger partial charge in [0, 0.05) is 20.6 Å². The molecule has 1 fully saturated rings. The van der Waals surface area contributed by atoms with Gasteiger partial charge in [0.05, 0.1) is 19.2 Å². The summed E-state index contributed by atoms with van der Waals surface area (Å²) >= 11 is 0. The smallest absolute Gasteiger partial charge is 0.239 e. The number of rotatable bonds is 8. The summed E-state index contributed by atoms with van der Waals surface area (Å²) in [6, 6.07) is 7.59. The number of hydrogen-bond acceptors (Lipinski definition) is 4. The quantitative estimate of drug-likeness (QED) is 0.777. The SMILES string of the molecule is CCCOc1cccc(CNC(=O)CN2CCCC2C(=O)N(C)C)c1. The molecule has 2 rings (SSSR count). The Morgan fingerprint density at radius 1 is 1.36 bits per heavy atom. The molecule has 25 heavy (non-hydrogen) atoms. The number of carbonyl (C=O) groups is 2. The molecule has 1 aliphatic rings. The number of benzene rings is 1. The maximum Gasteiger partial charge on any atom is 0.239 e. The van der Waals surface area contributed by atoms with Gasteiger partial charge in [-0.25, -0.2) is 0 Å². The van der Waals surface area contributed by atoms with Crippen molar-refractivity contribution in [2.75, 3.05) is 33.8 Å². The average molecular weight is 347 g/mol. The molecule has 1 aliphatic heterocycles. The summed E-state index contributed by atoms with van der Waals surface area (Å²) in [4.78, 5) is 28.0. The molecule has 0 aromatic heterocycles. The highest BCUT2D eigenvalue weighted by Gasteiger charge is 2.32. The molecule has 1 unspecified atom stereocenters. The molecule has 1 aromatic rings. The minimum absolute atomic E-state index is 0.0571. The normalized spacial score (nSPS) is 17.3. The van der Waals surface area contributed by atoms with E-state index in [0.717, 1.165) is 37.1 Å². The van der Waals surface area contributed by atoms with Crippen LogP contribution < -0.4 is 10.1 Å². The third-order valence-corrected chi connectivity index (χ3v) is 4.30. The lowest BCUT2D eigenvalue weighted by atomic mass is 10.2. The lowest BCUT2D eigenvalue weighted by Crippen LogP contribution is -2.46. The molecule has 0 bridgehead atoms. The van der Waals surface area contributed by atoms with E-state index in [1.54, 1.807) is 19.0 Å². The van der Waals surface area contributed by atoms with Crippen molar-refractivity contribution < 1.29 is 14.3 Å². The Hall–Kier alpha value is -2.08. The fraction of sp³-hybridized carbons (Fsp3) is 0.579. The van der Waals surface area contributed by atoms with E-state index in [0.29, 0.717) is 13.2 Å². The van der Waals surface area contributed by atoms with Gasteiger partial charge in [0.1, 0.15) is 5.75 Å². The number of likely N-dealkylation sites (N-methyl/N-ethyl adjacent to an activating group) is 1. The van der Waals surface area contributed by atoms with Crippen LogP contribution in [0.1, 0.15) is 31.7 Å². The molecule has 0 aliphatic carbocycles. The number of carbonyl (C=O) groups excluding carboxylic acids is 2. The Labute approximate surface area is 150 Å². The van der Waals surface area contributed by atoms with Gasteiger partial charge in [0.2, 0.25) is 11.8 Å². The van der Waals surface area contributed by atoms with Crippen molar-refractivity contribution in [3.63, 3.8) is 0 Å². The highest BCUT2D eigenvalue weighted by atomic mass is 16.5. The minimum atomic E-state index is -0.175. The first kappa shape index (κ1) is 19.2. The summed E-state index contributed by atoms with van der Waals surface area (Å²) in [6.07, 6.45) is 2.74. The van der Waals surface area contributed by atoms with Crippen molar-refractivity contribution in [1.29, 1.82) is 0 Å². The van der Waals surface area contributed by atoms with E-state index in [2.05, 4.69) is 12.2 Å². The van der Waals surface area contributed by atoms with Crippen LogP contribution in [0.25, 0.3) is 0 Å². The van der Waals surface area contributed by atoms with Gasteiger partial charge in [-0.2, -0.15) is 0 Å². The molecule has 2 amide bonds. The van der Waals surface area contributed by atoms with Crippen LogP contribution in [-0.2, 0) is 16.1 Å². The second-order valence-electron chi connectivity index (χ2n) is 6.63. The van der Waals surface area contributed by atoms with Crippen LogP contribution in [0, 0.1) is 0 Å². The summed E-state index contributed by atoms with van der Waals surface area (Å²) in [5, 5.41) is 2.94. The molecule has 6 heteroatoms. The Morgan fingerprint density at radius 2 is 2.16 bits per heavy atom. The van der Waals surface area contributed by atoms with Crippen LogP contribution in [0.3, 0.4) is 0 Å². The largest absolute Gasteiger partial charge is 0.494 e. The Bertz CT molecular complexity index is 589. The monoisotopic (exact) mass is 347 g/mol. The first-order valence-electron chi connectivity index (χ1n) is 8.95. The molecule has 0 saturated carbocycles. The first-order valence-corrected chi connectivity index (χ1v) is 8.95. The van der Waals surface area contributed by atoms with E-state index >= 15 is 0 Å². The lowest BCUT2D eigenvalue weighted by Gasteiger charge is -2.25. The first-order chi connectivity index (χ1) is 12.0. The van der Waals surface area contributed by atoms with Gasteiger partial charge in [0.15, 0.2) is 0 Å². The molecule has 1 atom stereocenters. The van der Waals surface area contributed by atoms with Crippen LogP contribution in [0.4, 0.5) is 0 Å². The van der Waals surface area contributed by atoms with Gasteiger partial charge in [-0.05, 0) is 43.5 Å². The zero-order chi connectivity index (χ0) is 18.2. The molecule has 1 saturated heterocycles. The van der Waals surface area contributed by atoms with E-state index in [-0.39, 0.29) is 24.4 Å². The third-order valence-electron chi connectivity index (χ3n) is 4.30. The second kappa shape index (κ2) is 9.42. The van der Waals surface area contributed by atoms with Crippen molar-refractivity contribution in [3.8, 4) is 5.75 Å². The topological polar surface area (TPSA) is 61.9 Å². The Kier molecular flexibility index (Phi) is 7.25. The lowest BCUT2D eigenvalue weighted by molar-refractivity contribution is -0.134. The number of likely N-dealkylation sites (tertiary alicyclic amines) is 1. The number of nitrogens with one attached hydrogen (secondary N) is 1. The van der Waals surface area contributed by atoms with Gasteiger partial charge in [-0.3, -0.25) is 14.5 Å². The van der Waals surface area contributed by atoms with Crippen LogP contribution >= 0.6 is 0 Å². The molecule has 6 nitrogen and oxygen atoms in total. The Balaban J connectivity index is 1.83. The third kappa shape index (κ3) is 5.74. The van der Waals surface area contributed by atoms with Crippen LogP contribution in [0.15, 0.2) is 24.3 Å². The predicted molar refractivity (Wildman–Crippen MR) is 97.4 cm³/mol. The van der Waals surface area contributed by atoms with Crippen LogP contribution in [0.5, 0.6) is 5.75 Å². The fourth-order valence-electron chi connectivity index (χ4n) is 3.00. The van der Waals surface area contributed by atoms with Crippen LogP contribution in [-0.4, -0.2) is 61.4 Å². The second-order valence-corrected chi connectivity index (χ2v) is 6.63. The summed E-state index contributed by atoms with van der Waals surface area (Å²) in [7, 11) is 3.51. The zero-order valence-electron chi connectivity index (χ0n) is 15.5. The van der Waals surface area contributed by atoms with Crippen molar-refractivity contribution in [2.45, 2.75) is 38.8 Å². The number of nitrogens with zero attached hydrogens (tertiary/aromatic N) is 2. The van der Waals surface area contributed by atoms with Gasteiger partial charge in [-0.1, -0.05) is 19.1 Å². The standard InChI is InChI=1S/C19H29N3O3/c1-4-11-25-16-8-5-7-15(12-16)13-20-18(23)14-22-10-6-9-17(22)19(24)21(2)3/h5,7-8,12,17H,4,6,9-11,13-14H2,1-3H3,(H,20,23). The molecule has 1 N–H and O–H groups in total. The molecule has 1 aromatic carbocycles. The van der Waals surface area contributed by atoms with Crippen molar-refractivity contribution in [1.82, 2.24) is 15.1 Å². The molecular weight excluding hydrogens is 318 g/mol.